The average molecular weight is 378 g/mol. The molecule has 0 radical (unpaired) electrons. The lowest BCUT2D eigenvalue weighted by Gasteiger charge is -2.27. The number of likely N-dealkylation sites (tertiary alicyclic amines) is 1. The zero-order valence-corrected chi connectivity index (χ0v) is 18.2. The van der Waals surface area contributed by atoms with Gasteiger partial charge in [-0.25, -0.2) is 0 Å². The molecule has 27 heavy (non-hydrogen) atoms. The molecule has 0 saturated carbocycles. The topological polar surface area (TPSA) is 37.4 Å². The van der Waals surface area contributed by atoms with Gasteiger partial charge in [-0.2, -0.15) is 0 Å². The van der Waals surface area contributed by atoms with E-state index in [1.54, 1.807) is 4.90 Å². The van der Waals surface area contributed by atoms with Crippen LogP contribution in [0.15, 0.2) is 11.6 Å². The second-order valence-electron chi connectivity index (χ2n) is 8.23. The van der Waals surface area contributed by atoms with Gasteiger partial charge >= 0.3 is 0 Å². The van der Waals surface area contributed by atoms with Crippen LogP contribution in [0.25, 0.3) is 0 Å². The normalized spacial score (nSPS) is 16.4. The molecule has 3 heteroatoms. The van der Waals surface area contributed by atoms with Crippen LogP contribution in [0.2, 0.25) is 0 Å². The van der Waals surface area contributed by atoms with Gasteiger partial charge in [-0.1, -0.05) is 96.1 Å². The van der Waals surface area contributed by atoms with Crippen molar-refractivity contribution in [1.29, 1.82) is 0 Å². The van der Waals surface area contributed by atoms with Crippen molar-refractivity contribution < 1.29 is 9.59 Å². The molecule has 0 bridgehead atoms. The number of hydrogen-bond donors (Lipinski definition) is 0. The summed E-state index contributed by atoms with van der Waals surface area (Å²) in [4.78, 5) is 25.8. The van der Waals surface area contributed by atoms with Gasteiger partial charge in [-0.15, -0.1) is 0 Å². The Kier molecular flexibility index (Phi) is 13.2. The number of rotatable bonds is 16. The molecule has 1 atom stereocenters. The number of nitrogens with zero attached hydrogens (tertiary/aromatic N) is 1. The van der Waals surface area contributed by atoms with Crippen molar-refractivity contribution in [3.63, 3.8) is 0 Å². The van der Waals surface area contributed by atoms with Crippen molar-refractivity contribution in [3.05, 3.63) is 11.6 Å². The van der Waals surface area contributed by atoms with E-state index in [-0.39, 0.29) is 17.9 Å². The van der Waals surface area contributed by atoms with Crippen molar-refractivity contribution in [2.45, 2.75) is 130 Å². The maximum absolute atomic E-state index is 12.1. The van der Waals surface area contributed by atoms with Gasteiger partial charge in [0, 0.05) is 12.8 Å². The van der Waals surface area contributed by atoms with E-state index in [4.69, 9.17) is 0 Å². The van der Waals surface area contributed by atoms with E-state index in [0.29, 0.717) is 12.8 Å². The molecular weight excluding hydrogens is 334 g/mol. The van der Waals surface area contributed by atoms with Crippen LogP contribution >= 0.6 is 0 Å². The van der Waals surface area contributed by atoms with Gasteiger partial charge in [-0.05, 0) is 26.2 Å². The molecular formula is C24H43NO2. The maximum Gasteiger partial charge on any atom is 0.230 e. The third kappa shape index (κ3) is 9.58. The van der Waals surface area contributed by atoms with Crippen LogP contribution in [0.4, 0.5) is 0 Å². The molecule has 0 aromatic heterocycles. The second kappa shape index (κ2) is 14.9. The van der Waals surface area contributed by atoms with Crippen molar-refractivity contribution in [1.82, 2.24) is 4.90 Å². The molecule has 1 heterocycles. The zero-order chi connectivity index (χ0) is 19.9. The van der Waals surface area contributed by atoms with E-state index in [1.165, 1.54) is 69.8 Å². The van der Waals surface area contributed by atoms with Gasteiger partial charge in [0.1, 0.15) is 0 Å². The molecule has 0 spiro atoms. The second-order valence-corrected chi connectivity index (χ2v) is 8.23. The lowest BCUT2D eigenvalue weighted by Crippen LogP contribution is -2.40. The van der Waals surface area contributed by atoms with E-state index in [9.17, 15) is 9.59 Å². The van der Waals surface area contributed by atoms with Gasteiger partial charge < -0.3 is 0 Å². The molecule has 1 aliphatic rings. The van der Waals surface area contributed by atoms with Crippen LogP contribution < -0.4 is 0 Å². The summed E-state index contributed by atoms with van der Waals surface area (Å²) in [6.45, 7) is 6.53. The summed E-state index contributed by atoms with van der Waals surface area (Å²) < 4.78 is 0. The Labute approximate surface area is 168 Å². The Hall–Kier alpha value is -1.12. The third-order valence-corrected chi connectivity index (χ3v) is 5.78. The predicted octanol–water partition coefficient (Wildman–Crippen LogP) is 6.95. The minimum Gasteiger partial charge on any atom is -0.275 e. The summed E-state index contributed by atoms with van der Waals surface area (Å²) in [6.07, 6.45) is 20.7. The Morgan fingerprint density at radius 1 is 0.815 bits per heavy atom. The van der Waals surface area contributed by atoms with Gasteiger partial charge in [0.2, 0.25) is 11.8 Å². The molecule has 1 saturated heterocycles. The quantitative estimate of drug-likeness (QED) is 0.166. The fourth-order valence-corrected chi connectivity index (χ4v) is 4.00. The fraction of sp³-hybridized carbons (Fsp3) is 0.833. The Balaban J connectivity index is 2.27. The van der Waals surface area contributed by atoms with Crippen LogP contribution in [-0.4, -0.2) is 22.8 Å². The number of amides is 2. The van der Waals surface area contributed by atoms with E-state index in [2.05, 4.69) is 26.8 Å². The minimum atomic E-state index is -0.00410. The Bertz CT molecular complexity index is 439. The van der Waals surface area contributed by atoms with E-state index in [1.807, 2.05) is 0 Å². The Morgan fingerprint density at radius 3 is 1.81 bits per heavy atom. The monoisotopic (exact) mass is 377 g/mol. The third-order valence-electron chi connectivity index (χ3n) is 5.78. The van der Waals surface area contributed by atoms with Gasteiger partial charge in [0.15, 0.2) is 0 Å². The molecule has 1 unspecified atom stereocenters. The number of unbranched alkanes of at least 4 members (excludes halogenated alkanes) is 11. The number of imide groups is 1. The summed E-state index contributed by atoms with van der Waals surface area (Å²) in [7, 11) is 0. The molecule has 0 aromatic carbocycles. The first kappa shape index (κ1) is 23.9. The number of allylic oxidation sites excluding steroid dienone is 1. The van der Waals surface area contributed by atoms with Crippen LogP contribution in [0.5, 0.6) is 0 Å². The zero-order valence-electron chi connectivity index (χ0n) is 18.2. The van der Waals surface area contributed by atoms with Crippen molar-refractivity contribution in [3.8, 4) is 0 Å². The maximum atomic E-state index is 12.1. The van der Waals surface area contributed by atoms with Crippen molar-refractivity contribution in [2.24, 2.45) is 0 Å². The van der Waals surface area contributed by atoms with Gasteiger partial charge in [-0.3, -0.25) is 14.5 Å². The highest BCUT2D eigenvalue weighted by Gasteiger charge is 2.35. The van der Waals surface area contributed by atoms with E-state index < -0.39 is 0 Å². The highest BCUT2D eigenvalue weighted by molar-refractivity contribution is 6.02. The van der Waals surface area contributed by atoms with Crippen LogP contribution in [0.1, 0.15) is 124 Å². The first-order valence-electron chi connectivity index (χ1n) is 11.6. The standard InChI is InChI=1S/C24H43NO2/c1-4-6-8-9-10-11-12-13-14-15-16-17-21(3)22(18-7-5-2)25-23(26)19-20-24(25)27/h17,22H,4-16,18-20H2,1-3H3. The highest BCUT2D eigenvalue weighted by Crippen LogP contribution is 2.24. The molecule has 1 aliphatic heterocycles. The summed E-state index contributed by atoms with van der Waals surface area (Å²) in [5.41, 5.74) is 1.21. The molecule has 3 nitrogen and oxygen atoms in total. The van der Waals surface area contributed by atoms with Gasteiger partial charge in [0.05, 0.1) is 6.04 Å². The molecule has 2 amide bonds. The SMILES string of the molecule is CCCCCCCCCCCCC=C(C)C(CCCC)N1C(=O)CCC1=O. The number of carbonyl (C=O) groups is 2. The van der Waals surface area contributed by atoms with Crippen molar-refractivity contribution >= 4 is 11.8 Å². The fourth-order valence-electron chi connectivity index (χ4n) is 4.00. The summed E-state index contributed by atoms with van der Waals surface area (Å²) in [5.74, 6) is 0.0422. The molecule has 1 rings (SSSR count). The first-order valence-corrected chi connectivity index (χ1v) is 11.6. The van der Waals surface area contributed by atoms with Crippen molar-refractivity contribution in [2.75, 3.05) is 0 Å². The summed E-state index contributed by atoms with van der Waals surface area (Å²) in [5, 5.41) is 0. The molecule has 0 aliphatic carbocycles. The summed E-state index contributed by atoms with van der Waals surface area (Å²) in [6, 6.07) is -0.00410. The van der Waals surface area contributed by atoms with E-state index in [0.717, 1.165) is 25.7 Å². The Morgan fingerprint density at radius 2 is 1.30 bits per heavy atom. The molecule has 0 N–H and O–H groups in total. The van der Waals surface area contributed by atoms with Crippen LogP contribution in [-0.2, 0) is 9.59 Å². The minimum absolute atomic E-state index is 0.00410. The lowest BCUT2D eigenvalue weighted by molar-refractivity contribution is -0.140. The van der Waals surface area contributed by atoms with E-state index >= 15 is 0 Å². The van der Waals surface area contributed by atoms with Gasteiger partial charge in [0.25, 0.3) is 0 Å². The highest BCUT2D eigenvalue weighted by atomic mass is 16.2. The van der Waals surface area contributed by atoms with Crippen LogP contribution in [0.3, 0.4) is 0 Å². The average Bonchev–Trinajstić information content (AvgIpc) is 2.99. The molecule has 1 fully saturated rings. The number of hydrogen-bond acceptors (Lipinski definition) is 2. The lowest BCUT2D eigenvalue weighted by atomic mass is 9.98. The predicted molar refractivity (Wildman–Crippen MR) is 115 cm³/mol. The number of carbonyl (C=O) groups excluding carboxylic acids is 2. The molecule has 156 valence electrons. The smallest absolute Gasteiger partial charge is 0.230 e. The molecule has 0 aromatic rings. The summed E-state index contributed by atoms with van der Waals surface area (Å²) >= 11 is 0. The largest absolute Gasteiger partial charge is 0.275 e. The van der Waals surface area contributed by atoms with Crippen LogP contribution in [0, 0.1) is 0 Å². The first-order chi connectivity index (χ1) is 13.1.